The molecule has 0 N–H and O–H groups in total. The van der Waals surface area contributed by atoms with Crippen LogP contribution < -0.4 is 4.74 Å². The summed E-state index contributed by atoms with van der Waals surface area (Å²) >= 11 is 0. The van der Waals surface area contributed by atoms with E-state index in [2.05, 4.69) is 18.7 Å². The lowest BCUT2D eigenvalue weighted by atomic mass is 10.2. The van der Waals surface area contributed by atoms with Gasteiger partial charge in [0.15, 0.2) is 0 Å². The van der Waals surface area contributed by atoms with E-state index in [0.29, 0.717) is 29.8 Å². The molecule has 0 aromatic heterocycles. The van der Waals surface area contributed by atoms with Crippen molar-refractivity contribution in [2.75, 3.05) is 33.3 Å². The fraction of sp³-hybridized carbons (Fsp3) is 0.600. The fourth-order valence-corrected chi connectivity index (χ4v) is 3.96. The number of piperazine rings is 1. The molecule has 1 aromatic rings. The van der Waals surface area contributed by atoms with Gasteiger partial charge in [0.2, 0.25) is 10.0 Å². The first-order chi connectivity index (χ1) is 9.98. The van der Waals surface area contributed by atoms with Crippen molar-refractivity contribution in [3.8, 4) is 5.75 Å². The van der Waals surface area contributed by atoms with Gasteiger partial charge in [-0.05, 0) is 37.6 Å². The molecule has 118 valence electrons. The zero-order valence-corrected chi connectivity index (χ0v) is 13.8. The van der Waals surface area contributed by atoms with Crippen LogP contribution >= 0.6 is 0 Å². The minimum atomic E-state index is -3.39. The van der Waals surface area contributed by atoms with Gasteiger partial charge in [0, 0.05) is 32.2 Å². The Balaban J connectivity index is 2.07. The van der Waals surface area contributed by atoms with Crippen molar-refractivity contribution >= 4 is 10.0 Å². The van der Waals surface area contributed by atoms with Crippen molar-refractivity contribution in [3.63, 3.8) is 0 Å². The van der Waals surface area contributed by atoms with Crippen LogP contribution in [0.4, 0.5) is 0 Å². The monoisotopic (exact) mass is 312 g/mol. The fourth-order valence-electron chi connectivity index (χ4n) is 2.54. The standard InChI is InChI=1S/C15H24N2O3S/c1-4-13(2)16-9-11-17(12-10-16)21(18,19)15-7-5-14(20-3)6-8-15/h5-8,13H,4,9-12H2,1-3H3. The normalized spacial score (nSPS) is 19.4. The number of benzene rings is 1. The van der Waals surface area contributed by atoms with Gasteiger partial charge in [0.05, 0.1) is 12.0 Å². The molecule has 1 aliphatic heterocycles. The zero-order chi connectivity index (χ0) is 15.5. The molecular weight excluding hydrogens is 288 g/mol. The van der Waals surface area contributed by atoms with Crippen LogP contribution in [0.3, 0.4) is 0 Å². The Morgan fingerprint density at radius 2 is 1.71 bits per heavy atom. The Bertz CT molecular complexity index is 549. The van der Waals surface area contributed by atoms with Crippen LogP contribution in [-0.2, 0) is 10.0 Å². The molecule has 1 heterocycles. The lowest BCUT2D eigenvalue weighted by Gasteiger charge is -2.37. The summed E-state index contributed by atoms with van der Waals surface area (Å²) in [5.41, 5.74) is 0. The molecule has 0 radical (unpaired) electrons. The second-order valence-electron chi connectivity index (χ2n) is 5.37. The third-order valence-electron chi connectivity index (χ3n) is 4.18. The number of hydrogen-bond acceptors (Lipinski definition) is 4. The summed E-state index contributed by atoms with van der Waals surface area (Å²) in [7, 11) is -1.82. The molecule has 0 aliphatic carbocycles. The minimum absolute atomic E-state index is 0.334. The predicted octanol–water partition coefficient (Wildman–Crippen LogP) is 1.80. The van der Waals surface area contributed by atoms with Crippen LogP contribution in [-0.4, -0.2) is 57.0 Å². The summed E-state index contributed by atoms with van der Waals surface area (Å²) in [5, 5.41) is 0. The molecule has 1 fully saturated rings. The van der Waals surface area contributed by atoms with Gasteiger partial charge in [-0.15, -0.1) is 0 Å². The van der Waals surface area contributed by atoms with Crippen molar-refractivity contribution in [3.05, 3.63) is 24.3 Å². The number of nitrogens with zero attached hydrogens (tertiary/aromatic N) is 2. The van der Waals surface area contributed by atoms with E-state index in [0.717, 1.165) is 19.5 Å². The van der Waals surface area contributed by atoms with Gasteiger partial charge in [-0.2, -0.15) is 4.31 Å². The highest BCUT2D eigenvalue weighted by Crippen LogP contribution is 2.21. The molecule has 1 aromatic carbocycles. The lowest BCUT2D eigenvalue weighted by Crippen LogP contribution is -2.51. The van der Waals surface area contributed by atoms with E-state index in [1.54, 1.807) is 35.7 Å². The van der Waals surface area contributed by atoms with Gasteiger partial charge < -0.3 is 4.74 Å². The number of hydrogen-bond donors (Lipinski definition) is 0. The number of methoxy groups -OCH3 is 1. The first kappa shape index (κ1) is 16.3. The van der Waals surface area contributed by atoms with Crippen LogP contribution in [0.1, 0.15) is 20.3 Å². The third-order valence-corrected chi connectivity index (χ3v) is 6.10. The van der Waals surface area contributed by atoms with Crippen molar-refractivity contribution in [1.29, 1.82) is 0 Å². The van der Waals surface area contributed by atoms with E-state index in [1.807, 2.05) is 0 Å². The quantitative estimate of drug-likeness (QED) is 0.832. The lowest BCUT2D eigenvalue weighted by molar-refractivity contribution is 0.142. The predicted molar refractivity (Wildman–Crippen MR) is 83.1 cm³/mol. The topological polar surface area (TPSA) is 49.9 Å². The van der Waals surface area contributed by atoms with Crippen LogP contribution in [0.25, 0.3) is 0 Å². The average molecular weight is 312 g/mol. The Hall–Kier alpha value is -1.11. The molecular formula is C15H24N2O3S. The number of rotatable bonds is 5. The van der Waals surface area contributed by atoms with E-state index >= 15 is 0 Å². The summed E-state index contributed by atoms with van der Waals surface area (Å²) in [6.07, 6.45) is 1.09. The van der Waals surface area contributed by atoms with E-state index in [-0.39, 0.29) is 0 Å². The van der Waals surface area contributed by atoms with E-state index in [1.165, 1.54) is 0 Å². The van der Waals surface area contributed by atoms with Crippen LogP contribution in [0.15, 0.2) is 29.2 Å². The maximum absolute atomic E-state index is 12.6. The molecule has 0 saturated carbocycles. The summed E-state index contributed by atoms with van der Waals surface area (Å²) in [4.78, 5) is 2.68. The first-order valence-electron chi connectivity index (χ1n) is 7.37. The summed E-state index contributed by atoms with van der Waals surface area (Å²) in [6, 6.07) is 7.09. The second kappa shape index (κ2) is 6.77. The smallest absolute Gasteiger partial charge is 0.243 e. The van der Waals surface area contributed by atoms with Crippen LogP contribution in [0.5, 0.6) is 5.75 Å². The van der Waals surface area contributed by atoms with Crippen molar-refractivity contribution < 1.29 is 13.2 Å². The van der Waals surface area contributed by atoms with Gasteiger partial charge in [0.25, 0.3) is 0 Å². The van der Waals surface area contributed by atoms with Gasteiger partial charge in [0.1, 0.15) is 5.75 Å². The van der Waals surface area contributed by atoms with Gasteiger partial charge in [-0.1, -0.05) is 6.92 Å². The summed E-state index contributed by atoms with van der Waals surface area (Å²) in [6.45, 7) is 7.05. The molecule has 1 saturated heterocycles. The molecule has 0 spiro atoms. The van der Waals surface area contributed by atoms with Crippen molar-refractivity contribution in [1.82, 2.24) is 9.21 Å². The van der Waals surface area contributed by atoms with Gasteiger partial charge in [-0.25, -0.2) is 8.42 Å². The molecule has 21 heavy (non-hydrogen) atoms. The number of sulfonamides is 1. The highest BCUT2D eigenvalue weighted by molar-refractivity contribution is 7.89. The highest BCUT2D eigenvalue weighted by Gasteiger charge is 2.29. The molecule has 6 heteroatoms. The Morgan fingerprint density at radius 3 is 2.19 bits per heavy atom. The minimum Gasteiger partial charge on any atom is -0.497 e. The van der Waals surface area contributed by atoms with E-state index in [4.69, 9.17) is 4.74 Å². The Labute approximate surface area is 127 Å². The van der Waals surface area contributed by atoms with Gasteiger partial charge >= 0.3 is 0 Å². The molecule has 0 bridgehead atoms. The zero-order valence-electron chi connectivity index (χ0n) is 12.9. The average Bonchev–Trinajstić information content (AvgIpc) is 2.54. The summed E-state index contributed by atoms with van der Waals surface area (Å²) < 4.78 is 31.8. The SMILES string of the molecule is CCC(C)N1CCN(S(=O)(=O)c2ccc(OC)cc2)CC1. The Kier molecular flexibility index (Phi) is 5.24. The van der Waals surface area contributed by atoms with Crippen molar-refractivity contribution in [2.24, 2.45) is 0 Å². The molecule has 5 nitrogen and oxygen atoms in total. The third kappa shape index (κ3) is 3.56. The maximum Gasteiger partial charge on any atom is 0.243 e. The van der Waals surface area contributed by atoms with Crippen molar-refractivity contribution in [2.45, 2.75) is 31.2 Å². The molecule has 1 unspecified atom stereocenters. The first-order valence-corrected chi connectivity index (χ1v) is 8.81. The van der Waals surface area contributed by atoms with Crippen LogP contribution in [0.2, 0.25) is 0 Å². The number of ether oxygens (including phenoxy) is 1. The highest BCUT2D eigenvalue weighted by atomic mass is 32.2. The Morgan fingerprint density at radius 1 is 1.14 bits per heavy atom. The van der Waals surface area contributed by atoms with E-state index < -0.39 is 10.0 Å². The summed E-state index contributed by atoms with van der Waals surface area (Å²) in [5.74, 6) is 0.663. The molecule has 1 aliphatic rings. The molecule has 0 amide bonds. The largest absolute Gasteiger partial charge is 0.497 e. The van der Waals surface area contributed by atoms with Crippen LogP contribution in [0, 0.1) is 0 Å². The second-order valence-corrected chi connectivity index (χ2v) is 7.31. The van der Waals surface area contributed by atoms with Gasteiger partial charge in [-0.3, -0.25) is 4.90 Å². The molecule has 2 rings (SSSR count). The molecule has 1 atom stereocenters. The maximum atomic E-state index is 12.6. The van der Waals surface area contributed by atoms with E-state index in [9.17, 15) is 8.42 Å².